The predicted molar refractivity (Wildman–Crippen MR) is 83.6 cm³/mol. The molecule has 4 nitrogen and oxygen atoms in total. The minimum atomic E-state index is -0.212. The summed E-state index contributed by atoms with van der Waals surface area (Å²) in [4.78, 5) is 12.0. The van der Waals surface area contributed by atoms with Gasteiger partial charge in [-0.2, -0.15) is 5.10 Å². The van der Waals surface area contributed by atoms with E-state index in [9.17, 15) is 4.79 Å². The van der Waals surface area contributed by atoms with Crippen LogP contribution in [0.1, 0.15) is 16.1 Å². The first-order valence-electron chi connectivity index (χ1n) is 5.38. The highest BCUT2D eigenvalue weighted by Gasteiger charge is 2.13. The average Bonchev–Trinajstić information content (AvgIpc) is 2.70. The number of rotatable bonds is 3. The summed E-state index contributed by atoms with van der Waals surface area (Å²) >= 11 is 13.8. The number of nitrogens with zero attached hydrogens (tertiary/aromatic N) is 2. The van der Waals surface area contributed by atoms with E-state index in [-0.39, 0.29) is 5.91 Å². The van der Waals surface area contributed by atoms with Gasteiger partial charge in [0.15, 0.2) is 5.69 Å². The molecule has 7 heteroatoms. The zero-order chi connectivity index (χ0) is 14.0. The van der Waals surface area contributed by atoms with E-state index < -0.39 is 0 Å². The SMILES string of the molecule is Cn1cc(I)c(C(=O)NCc2ccc(Cl)c(Cl)c2)n1. The van der Waals surface area contributed by atoms with Crippen LogP contribution in [0.15, 0.2) is 24.4 Å². The Balaban J connectivity index is 2.04. The zero-order valence-electron chi connectivity index (χ0n) is 9.95. The van der Waals surface area contributed by atoms with Gasteiger partial charge in [-0.25, -0.2) is 0 Å². The highest BCUT2D eigenvalue weighted by atomic mass is 127. The lowest BCUT2D eigenvalue weighted by Crippen LogP contribution is -2.24. The van der Waals surface area contributed by atoms with E-state index in [0.29, 0.717) is 22.3 Å². The molecule has 1 N–H and O–H groups in total. The van der Waals surface area contributed by atoms with Crippen molar-refractivity contribution in [2.45, 2.75) is 6.54 Å². The largest absolute Gasteiger partial charge is 0.347 e. The average molecular weight is 410 g/mol. The summed E-state index contributed by atoms with van der Waals surface area (Å²) in [5.74, 6) is -0.212. The lowest BCUT2D eigenvalue weighted by Gasteiger charge is -2.05. The molecule has 0 aliphatic carbocycles. The van der Waals surface area contributed by atoms with Crippen LogP contribution in [0.3, 0.4) is 0 Å². The summed E-state index contributed by atoms with van der Waals surface area (Å²) in [6, 6.07) is 5.25. The fraction of sp³-hybridized carbons (Fsp3) is 0.167. The molecule has 0 aliphatic rings. The van der Waals surface area contributed by atoms with Crippen molar-refractivity contribution in [2.75, 3.05) is 0 Å². The molecule has 2 aromatic rings. The minimum Gasteiger partial charge on any atom is -0.347 e. The maximum Gasteiger partial charge on any atom is 0.273 e. The van der Waals surface area contributed by atoms with Crippen molar-refractivity contribution in [3.8, 4) is 0 Å². The van der Waals surface area contributed by atoms with Crippen LogP contribution < -0.4 is 5.32 Å². The third-order valence-corrected chi connectivity index (χ3v) is 3.96. The summed E-state index contributed by atoms with van der Waals surface area (Å²) in [7, 11) is 1.78. The van der Waals surface area contributed by atoms with Gasteiger partial charge in [0.1, 0.15) is 0 Å². The first-order valence-corrected chi connectivity index (χ1v) is 7.22. The molecule has 0 saturated carbocycles. The van der Waals surface area contributed by atoms with Crippen molar-refractivity contribution in [3.05, 3.63) is 49.3 Å². The first-order chi connectivity index (χ1) is 8.97. The lowest BCUT2D eigenvalue weighted by atomic mass is 10.2. The van der Waals surface area contributed by atoms with E-state index in [0.717, 1.165) is 9.13 Å². The third kappa shape index (κ3) is 3.61. The van der Waals surface area contributed by atoms with E-state index in [1.807, 2.05) is 6.07 Å². The summed E-state index contributed by atoms with van der Waals surface area (Å²) in [6.45, 7) is 0.377. The molecule has 0 radical (unpaired) electrons. The smallest absolute Gasteiger partial charge is 0.273 e. The van der Waals surface area contributed by atoms with Crippen LogP contribution >= 0.6 is 45.8 Å². The van der Waals surface area contributed by atoms with Crippen LogP contribution in [0.2, 0.25) is 10.0 Å². The molecule has 0 aliphatic heterocycles. The monoisotopic (exact) mass is 409 g/mol. The highest BCUT2D eigenvalue weighted by molar-refractivity contribution is 14.1. The van der Waals surface area contributed by atoms with Crippen LogP contribution in [0.4, 0.5) is 0 Å². The molecule has 1 aromatic heterocycles. The van der Waals surface area contributed by atoms with Crippen molar-refractivity contribution in [1.29, 1.82) is 0 Å². The molecule has 1 heterocycles. The molecule has 0 unspecified atom stereocenters. The number of nitrogens with one attached hydrogen (secondary N) is 1. The van der Waals surface area contributed by atoms with Gasteiger partial charge in [0.2, 0.25) is 0 Å². The second-order valence-corrected chi connectivity index (χ2v) is 5.91. The number of halogens is 3. The van der Waals surface area contributed by atoms with E-state index in [1.54, 1.807) is 30.1 Å². The van der Waals surface area contributed by atoms with Crippen LogP contribution in [0.25, 0.3) is 0 Å². The van der Waals surface area contributed by atoms with Gasteiger partial charge in [-0.05, 0) is 40.3 Å². The number of hydrogen-bond acceptors (Lipinski definition) is 2. The van der Waals surface area contributed by atoms with Crippen LogP contribution in [0.5, 0.6) is 0 Å². The number of benzene rings is 1. The van der Waals surface area contributed by atoms with Crippen molar-refractivity contribution in [1.82, 2.24) is 15.1 Å². The number of aryl methyl sites for hydroxylation is 1. The van der Waals surface area contributed by atoms with Crippen molar-refractivity contribution >= 4 is 51.7 Å². The molecule has 1 aromatic carbocycles. The second-order valence-electron chi connectivity index (χ2n) is 3.93. The number of aromatic nitrogens is 2. The normalized spacial score (nSPS) is 10.5. The summed E-state index contributed by atoms with van der Waals surface area (Å²) in [5.41, 5.74) is 1.30. The first kappa shape index (κ1) is 14.6. The van der Waals surface area contributed by atoms with Crippen LogP contribution in [0, 0.1) is 3.57 Å². The molecule has 0 saturated heterocycles. The topological polar surface area (TPSA) is 46.9 Å². The molecular weight excluding hydrogens is 400 g/mol. The van der Waals surface area contributed by atoms with Crippen molar-refractivity contribution in [2.24, 2.45) is 7.05 Å². The Morgan fingerprint density at radius 2 is 2.16 bits per heavy atom. The lowest BCUT2D eigenvalue weighted by molar-refractivity contribution is 0.0944. The quantitative estimate of drug-likeness (QED) is 0.791. The molecule has 100 valence electrons. The highest BCUT2D eigenvalue weighted by Crippen LogP contribution is 2.22. The number of hydrogen-bond donors (Lipinski definition) is 1. The van der Waals surface area contributed by atoms with Crippen LogP contribution in [-0.4, -0.2) is 15.7 Å². The van der Waals surface area contributed by atoms with E-state index in [1.165, 1.54) is 0 Å². The van der Waals surface area contributed by atoms with Crippen molar-refractivity contribution in [3.63, 3.8) is 0 Å². The zero-order valence-corrected chi connectivity index (χ0v) is 13.6. The Morgan fingerprint density at radius 3 is 2.74 bits per heavy atom. The summed E-state index contributed by atoms with van der Waals surface area (Å²) < 4.78 is 2.42. The van der Waals surface area contributed by atoms with Gasteiger partial charge in [0.05, 0.1) is 13.6 Å². The van der Waals surface area contributed by atoms with Gasteiger partial charge in [-0.15, -0.1) is 0 Å². The molecule has 0 atom stereocenters. The van der Waals surface area contributed by atoms with Gasteiger partial charge >= 0.3 is 0 Å². The van der Waals surface area contributed by atoms with Gasteiger partial charge in [-0.1, -0.05) is 29.3 Å². The van der Waals surface area contributed by atoms with Gasteiger partial charge in [0, 0.05) is 19.8 Å². The van der Waals surface area contributed by atoms with E-state index in [2.05, 4.69) is 33.0 Å². The minimum absolute atomic E-state index is 0.212. The Bertz CT molecular complexity index is 627. The van der Waals surface area contributed by atoms with E-state index in [4.69, 9.17) is 23.2 Å². The molecular formula is C12H10Cl2IN3O. The van der Waals surface area contributed by atoms with Crippen molar-refractivity contribution < 1.29 is 4.79 Å². The fourth-order valence-electron chi connectivity index (χ4n) is 1.53. The van der Waals surface area contributed by atoms with Gasteiger partial charge in [0.25, 0.3) is 5.91 Å². The number of carbonyl (C=O) groups is 1. The maximum atomic E-state index is 12.0. The standard InChI is InChI=1S/C12H10Cl2IN3O/c1-18-6-10(15)11(17-18)12(19)16-5-7-2-3-8(13)9(14)4-7/h2-4,6H,5H2,1H3,(H,16,19). The number of carbonyl (C=O) groups excluding carboxylic acids is 1. The third-order valence-electron chi connectivity index (χ3n) is 2.44. The predicted octanol–water partition coefficient (Wildman–Crippen LogP) is 3.26. The summed E-state index contributed by atoms with van der Waals surface area (Å²) in [6.07, 6.45) is 1.79. The maximum absolute atomic E-state index is 12.0. The Labute approximate surface area is 134 Å². The molecule has 19 heavy (non-hydrogen) atoms. The molecule has 1 amide bonds. The second kappa shape index (κ2) is 6.11. The summed E-state index contributed by atoms with van der Waals surface area (Å²) in [5, 5.41) is 7.87. The van der Waals surface area contributed by atoms with Gasteiger partial charge < -0.3 is 5.32 Å². The molecule has 2 rings (SSSR count). The molecule has 0 fully saturated rings. The molecule has 0 bridgehead atoms. The Hall–Kier alpha value is -0.790. The Kier molecular flexibility index (Phi) is 4.70. The number of amides is 1. The van der Waals surface area contributed by atoms with Crippen LogP contribution in [-0.2, 0) is 13.6 Å². The Morgan fingerprint density at radius 1 is 1.42 bits per heavy atom. The molecule has 0 spiro atoms. The van der Waals surface area contributed by atoms with Gasteiger partial charge in [-0.3, -0.25) is 9.48 Å². The van der Waals surface area contributed by atoms with E-state index >= 15 is 0 Å². The fourth-order valence-corrected chi connectivity index (χ4v) is 2.61.